The number of hydrogen-bond donors (Lipinski definition) is 0. The molecular formula is C20H15N3O4S. The van der Waals surface area contributed by atoms with Crippen LogP contribution in [0.1, 0.15) is 17.5 Å². The number of ether oxygens (including phenoxy) is 3. The predicted octanol–water partition coefficient (Wildman–Crippen LogP) is 2.22. The minimum Gasteiger partial charge on any atom is -0.497 e. The van der Waals surface area contributed by atoms with E-state index in [-0.39, 0.29) is 5.56 Å². The lowest BCUT2D eigenvalue weighted by Crippen LogP contribution is -2.26. The van der Waals surface area contributed by atoms with E-state index in [9.17, 15) is 4.79 Å². The molecule has 1 unspecified atom stereocenters. The van der Waals surface area contributed by atoms with Gasteiger partial charge >= 0.3 is 0 Å². The average Bonchev–Trinajstić information content (AvgIpc) is 3.28. The molecule has 0 aliphatic carbocycles. The van der Waals surface area contributed by atoms with E-state index in [1.165, 1.54) is 15.9 Å². The van der Waals surface area contributed by atoms with Gasteiger partial charge in [-0.3, -0.25) is 4.79 Å². The van der Waals surface area contributed by atoms with E-state index in [2.05, 4.69) is 10.1 Å². The summed E-state index contributed by atoms with van der Waals surface area (Å²) in [5.41, 5.74) is 0.704. The highest BCUT2D eigenvalue weighted by atomic mass is 32.1. The third-order valence-electron chi connectivity index (χ3n) is 4.41. The number of aromatic nitrogens is 3. The van der Waals surface area contributed by atoms with E-state index in [4.69, 9.17) is 14.2 Å². The quantitative estimate of drug-likeness (QED) is 0.531. The Kier molecular flexibility index (Phi) is 3.98. The highest BCUT2D eigenvalue weighted by Crippen LogP contribution is 2.35. The number of hydrogen-bond acceptors (Lipinski definition) is 7. The molecule has 4 aromatic rings. The van der Waals surface area contributed by atoms with Crippen molar-refractivity contribution in [3.05, 3.63) is 74.8 Å². The van der Waals surface area contributed by atoms with Gasteiger partial charge in [-0.25, -0.2) is 0 Å². The number of fused-ring (bicyclic) bond motifs is 2. The Hall–Kier alpha value is -3.39. The molecule has 0 saturated heterocycles. The molecule has 0 N–H and O–H groups in total. The minimum atomic E-state index is -0.449. The fourth-order valence-corrected chi connectivity index (χ4v) is 3.90. The van der Waals surface area contributed by atoms with Crippen LogP contribution in [0.2, 0.25) is 0 Å². The van der Waals surface area contributed by atoms with Crippen LogP contribution < -0.4 is 24.3 Å². The van der Waals surface area contributed by atoms with Gasteiger partial charge in [0.15, 0.2) is 23.4 Å². The maximum Gasteiger partial charge on any atom is 0.291 e. The first-order chi connectivity index (χ1) is 13.7. The Balaban J connectivity index is 1.47. The zero-order valence-electron chi connectivity index (χ0n) is 14.9. The summed E-state index contributed by atoms with van der Waals surface area (Å²) in [7, 11) is 1.62. The maximum absolute atomic E-state index is 12.7. The average molecular weight is 393 g/mol. The van der Waals surface area contributed by atoms with Crippen molar-refractivity contribution in [2.45, 2.75) is 6.10 Å². The van der Waals surface area contributed by atoms with E-state index < -0.39 is 6.10 Å². The first kappa shape index (κ1) is 16.8. The monoisotopic (exact) mass is 393 g/mol. The first-order valence-corrected chi connectivity index (χ1v) is 9.46. The van der Waals surface area contributed by atoms with Crippen molar-refractivity contribution in [1.29, 1.82) is 0 Å². The molecule has 28 heavy (non-hydrogen) atoms. The molecule has 0 radical (unpaired) electrons. The van der Waals surface area contributed by atoms with Gasteiger partial charge in [-0.05, 0) is 35.9 Å². The fourth-order valence-electron chi connectivity index (χ4n) is 2.98. The summed E-state index contributed by atoms with van der Waals surface area (Å²) in [5, 5.41) is 4.36. The van der Waals surface area contributed by atoms with Gasteiger partial charge in [0.1, 0.15) is 12.4 Å². The molecule has 1 aliphatic heterocycles. The van der Waals surface area contributed by atoms with Crippen LogP contribution in [0.5, 0.6) is 17.2 Å². The number of nitrogens with zero attached hydrogens (tertiary/aromatic N) is 3. The Labute approximate surface area is 163 Å². The van der Waals surface area contributed by atoms with Crippen molar-refractivity contribution < 1.29 is 14.2 Å². The standard InChI is InChI=1S/C20H15N3O4S/c1-25-13-8-6-12(7-9-13)10-17-19(24)23-20(28-17)21-18(22-23)16-11-26-14-4-2-3-5-15(14)27-16/h2-10,16H,11H2,1H3/b17-10-. The van der Waals surface area contributed by atoms with Crippen LogP contribution in [-0.4, -0.2) is 28.3 Å². The van der Waals surface area contributed by atoms with Crippen molar-refractivity contribution in [3.8, 4) is 17.2 Å². The van der Waals surface area contributed by atoms with Crippen molar-refractivity contribution >= 4 is 22.4 Å². The number of thiazole rings is 1. The minimum absolute atomic E-state index is 0.202. The Morgan fingerprint density at radius 3 is 2.71 bits per heavy atom. The van der Waals surface area contributed by atoms with Gasteiger partial charge in [0, 0.05) is 0 Å². The molecule has 0 bridgehead atoms. The van der Waals surface area contributed by atoms with Crippen LogP contribution >= 0.6 is 11.3 Å². The van der Waals surface area contributed by atoms with Crippen molar-refractivity contribution in [2.24, 2.45) is 0 Å². The zero-order chi connectivity index (χ0) is 19.1. The van der Waals surface area contributed by atoms with E-state index in [0.717, 1.165) is 11.3 Å². The van der Waals surface area contributed by atoms with Gasteiger partial charge in [0.2, 0.25) is 4.96 Å². The van der Waals surface area contributed by atoms with E-state index in [0.29, 0.717) is 33.4 Å². The first-order valence-electron chi connectivity index (χ1n) is 8.65. The Morgan fingerprint density at radius 2 is 1.96 bits per heavy atom. The second-order valence-electron chi connectivity index (χ2n) is 6.22. The molecule has 1 atom stereocenters. The summed E-state index contributed by atoms with van der Waals surface area (Å²) in [4.78, 5) is 17.7. The normalized spacial score (nSPS) is 16.5. The SMILES string of the molecule is COc1ccc(/C=c2\sc3nc(C4COc5ccccc5O4)nn3c2=O)cc1. The van der Waals surface area contributed by atoms with Crippen LogP contribution in [0.4, 0.5) is 0 Å². The zero-order valence-corrected chi connectivity index (χ0v) is 15.7. The lowest BCUT2D eigenvalue weighted by Gasteiger charge is -2.24. The van der Waals surface area contributed by atoms with E-state index >= 15 is 0 Å². The summed E-state index contributed by atoms with van der Waals surface area (Å²) in [6, 6.07) is 14.9. The third-order valence-corrected chi connectivity index (χ3v) is 5.37. The highest BCUT2D eigenvalue weighted by molar-refractivity contribution is 7.15. The smallest absolute Gasteiger partial charge is 0.291 e. The molecule has 0 saturated carbocycles. The second kappa shape index (κ2) is 6.65. The van der Waals surface area contributed by atoms with E-state index in [1.807, 2.05) is 54.6 Å². The third kappa shape index (κ3) is 2.87. The maximum atomic E-state index is 12.7. The van der Waals surface area contributed by atoms with Gasteiger partial charge in [-0.15, -0.1) is 5.10 Å². The summed E-state index contributed by atoms with van der Waals surface area (Å²) < 4.78 is 18.7. The lowest BCUT2D eigenvalue weighted by atomic mass is 10.2. The van der Waals surface area contributed by atoms with Gasteiger partial charge in [-0.1, -0.05) is 35.6 Å². The molecule has 1 aliphatic rings. The molecule has 3 heterocycles. The van der Waals surface area contributed by atoms with Crippen LogP contribution in [0.15, 0.2) is 53.3 Å². The summed E-state index contributed by atoms with van der Waals surface area (Å²) in [6.07, 6.45) is 1.37. The molecule has 2 aromatic carbocycles. The molecule has 5 rings (SSSR count). The second-order valence-corrected chi connectivity index (χ2v) is 7.23. The largest absolute Gasteiger partial charge is 0.497 e. The number of rotatable bonds is 3. The van der Waals surface area contributed by atoms with Gasteiger partial charge in [0.05, 0.1) is 11.6 Å². The lowest BCUT2D eigenvalue weighted by molar-refractivity contribution is 0.0852. The van der Waals surface area contributed by atoms with Gasteiger partial charge in [0.25, 0.3) is 5.56 Å². The van der Waals surface area contributed by atoms with Crippen LogP contribution in [-0.2, 0) is 0 Å². The summed E-state index contributed by atoms with van der Waals surface area (Å²) >= 11 is 1.29. The number of benzene rings is 2. The number of methoxy groups -OCH3 is 1. The van der Waals surface area contributed by atoms with Crippen LogP contribution in [0.3, 0.4) is 0 Å². The fraction of sp³-hybridized carbons (Fsp3) is 0.150. The van der Waals surface area contributed by atoms with Crippen molar-refractivity contribution in [2.75, 3.05) is 13.7 Å². The molecule has 8 heteroatoms. The molecule has 0 amide bonds. The molecule has 2 aromatic heterocycles. The highest BCUT2D eigenvalue weighted by Gasteiger charge is 2.27. The molecule has 0 spiro atoms. The number of para-hydroxylation sites is 2. The van der Waals surface area contributed by atoms with Gasteiger partial charge in [-0.2, -0.15) is 9.50 Å². The molecule has 7 nitrogen and oxygen atoms in total. The summed E-state index contributed by atoms with van der Waals surface area (Å²) in [6.45, 7) is 0.299. The topological polar surface area (TPSA) is 74.9 Å². The van der Waals surface area contributed by atoms with Crippen LogP contribution in [0, 0.1) is 0 Å². The summed E-state index contributed by atoms with van der Waals surface area (Å²) in [5.74, 6) is 2.55. The van der Waals surface area contributed by atoms with Crippen molar-refractivity contribution in [1.82, 2.24) is 14.6 Å². The van der Waals surface area contributed by atoms with Gasteiger partial charge < -0.3 is 14.2 Å². The van der Waals surface area contributed by atoms with Crippen molar-refractivity contribution in [3.63, 3.8) is 0 Å². The molecular weight excluding hydrogens is 378 g/mol. The predicted molar refractivity (Wildman–Crippen MR) is 104 cm³/mol. The Morgan fingerprint density at radius 1 is 1.18 bits per heavy atom. The van der Waals surface area contributed by atoms with E-state index in [1.54, 1.807) is 7.11 Å². The molecule has 140 valence electrons. The molecule has 0 fully saturated rings. The van der Waals surface area contributed by atoms with Crippen LogP contribution in [0.25, 0.3) is 11.0 Å². The Bertz CT molecular complexity index is 1260.